The largest absolute Gasteiger partial charge is 0.508 e. The molecule has 5 nitrogen and oxygen atoms in total. The number of phenols is 2. The number of aliphatic hydroxyl groups is 1. The van der Waals surface area contributed by atoms with E-state index in [4.69, 9.17) is 4.74 Å². The lowest BCUT2D eigenvalue weighted by Crippen LogP contribution is -2.33. The van der Waals surface area contributed by atoms with Crippen LogP contribution in [0.25, 0.3) is 11.1 Å². The van der Waals surface area contributed by atoms with Gasteiger partial charge in [0, 0.05) is 25.0 Å². The molecule has 0 heterocycles. The van der Waals surface area contributed by atoms with Crippen molar-refractivity contribution >= 4 is 16.9 Å². The molecule has 3 N–H and O–H groups in total. The Morgan fingerprint density at radius 3 is 2.62 bits per heavy atom. The molecule has 0 aliphatic heterocycles. The fraction of sp³-hybridized carbons (Fsp3) is 0.286. The minimum Gasteiger partial charge on any atom is -0.508 e. The van der Waals surface area contributed by atoms with Gasteiger partial charge < -0.3 is 20.1 Å². The lowest BCUT2D eigenvalue weighted by Gasteiger charge is -2.37. The average molecular weight is 350 g/mol. The van der Waals surface area contributed by atoms with Crippen LogP contribution in [0.2, 0.25) is 0 Å². The molecule has 0 aromatic heterocycles. The van der Waals surface area contributed by atoms with Gasteiger partial charge >= 0.3 is 0 Å². The number of ether oxygens (including phenoxy) is 1. The maximum Gasteiger partial charge on any atom is 0.167 e. The van der Waals surface area contributed by atoms with Gasteiger partial charge in [0.2, 0.25) is 0 Å². The molecule has 2 aromatic carbocycles. The Morgan fingerprint density at radius 1 is 1.04 bits per heavy atom. The molecule has 0 unspecified atom stereocenters. The number of methoxy groups -OCH3 is 1. The molecule has 0 saturated carbocycles. The first kappa shape index (κ1) is 15.6. The fourth-order valence-electron chi connectivity index (χ4n) is 4.96. The zero-order chi connectivity index (χ0) is 18.2. The van der Waals surface area contributed by atoms with Gasteiger partial charge in [-0.1, -0.05) is 18.2 Å². The summed E-state index contributed by atoms with van der Waals surface area (Å²) in [6, 6.07) is 8.57. The Hall–Kier alpha value is -2.63. The zero-order valence-electron chi connectivity index (χ0n) is 14.2. The van der Waals surface area contributed by atoms with E-state index in [2.05, 4.69) is 0 Å². The van der Waals surface area contributed by atoms with Crippen molar-refractivity contribution in [2.45, 2.75) is 31.0 Å². The SMILES string of the molecule is CO[C@H]1[C@H](O)c2c(O)cccc2C2=C3CCC(=O)c4c(O)ccc(c43)[C@@H]21. The summed E-state index contributed by atoms with van der Waals surface area (Å²) in [4.78, 5) is 12.4. The maximum atomic E-state index is 12.4. The molecule has 3 atom stereocenters. The molecule has 3 aliphatic carbocycles. The van der Waals surface area contributed by atoms with Crippen LogP contribution < -0.4 is 0 Å². The van der Waals surface area contributed by atoms with Crippen LogP contribution >= 0.6 is 0 Å². The highest BCUT2D eigenvalue weighted by atomic mass is 16.5. The summed E-state index contributed by atoms with van der Waals surface area (Å²) in [6.07, 6.45) is -0.641. The number of aliphatic hydroxyl groups excluding tert-OH is 1. The van der Waals surface area contributed by atoms with Crippen molar-refractivity contribution in [1.29, 1.82) is 0 Å². The van der Waals surface area contributed by atoms with Crippen LogP contribution in [-0.4, -0.2) is 34.3 Å². The molecule has 26 heavy (non-hydrogen) atoms. The van der Waals surface area contributed by atoms with Gasteiger partial charge in [0.05, 0.1) is 11.7 Å². The van der Waals surface area contributed by atoms with E-state index in [0.717, 1.165) is 27.8 Å². The van der Waals surface area contributed by atoms with Crippen molar-refractivity contribution in [2.75, 3.05) is 7.11 Å². The minimum absolute atomic E-state index is 0.00385. The lowest BCUT2D eigenvalue weighted by atomic mass is 9.74. The van der Waals surface area contributed by atoms with E-state index >= 15 is 0 Å². The van der Waals surface area contributed by atoms with E-state index in [1.807, 2.05) is 12.1 Å². The molecule has 5 rings (SSSR count). The van der Waals surface area contributed by atoms with Crippen molar-refractivity contribution in [3.63, 3.8) is 0 Å². The average Bonchev–Trinajstić information content (AvgIpc) is 2.95. The minimum atomic E-state index is -0.981. The number of aromatic hydroxyl groups is 2. The Bertz CT molecular complexity index is 1000. The van der Waals surface area contributed by atoms with Crippen molar-refractivity contribution < 1.29 is 24.9 Å². The number of ketones is 1. The molecule has 5 heteroatoms. The number of Topliss-reactive ketones (excluding diaryl/α,β-unsaturated/α-hetero) is 1. The van der Waals surface area contributed by atoms with Gasteiger partial charge in [0.25, 0.3) is 0 Å². The predicted octanol–water partition coefficient (Wildman–Crippen LogP) is 3.14. The Morgan fingerprint density at radius 2 is 1.85 bits per heavy atom. The monoisotopic (exact) mass is 350 g/mol. The normalized spacial score (nSPS) is 25.8. The molecule has 0 saturated heterocycles. The van der Waals surface area contributed by atoms with Crippen LogP contribution in [0.15, 0.2) is 30.3 Å². The third kappa shape index (κ3) is 1.74. The van der Waals surface area contributed by atoms with Crippen LogP contribution in [0.4, 0.5) is 0 Å². The molecule has 0 spiro atoms. The summed E-state index contributed by atoms with van der Waals surface area (Å²) in [7, 11) is 1.54. The van der Waals surface area contributed by atoms with Crippen LogP contribution in [0.1, 0.15) is 57.5 Å². The quantitative estimate of drug-likeness (QED) is 0.735. The van der Waals surface area contributed by atoms with Gasteiger partial charge in [-0.05, 0) is 46.4 Å². The summed E-state index contributed by atoms with van der Waals surface area (Å²) in [5, 5.41) is 31.5. The number of carbonyl (C=O) groups is 1. The van der Waals surface area contributed by atoms with Gasteiger partial charge in [0.15, 0.2) is 5.78 Å². The second kappa shape index (κ2) is 5.19. The first-order valence-electron chi connectivity index (χ1n) is 8.70. The fourth-order valence-corrected chi connectivity index (χ4v) is 4.96. The summed E-state index contributed by atoms with van der Waals surface area (Å²) in [5.74, 6) is -0.266. The number of phenolic OH excluding ortho intramolecular Hbond substituents is 2. The molecule has 2 aromatic rings. The summed E-state index contributed by atoms with van der Waals surface area (Å²) >= 11 is 0. The Labute approximate surface area is 150 Å². The standard InChI is InChI=1S/C21H18O5/c1-26-21-18-11-6-8-14(24)19-13(23)7-5-10(16(11)19)15(18)9-3-2-4-12(22)17(9)20(21)25/h2-4,6,8,18,20-22,24-25H,5,7H2,1H3/t18-,20+,21+/m0/s1. The van der Waals surface area contributed by atoms with Crippen molar-refractivity contribution in [2.24, 2.45) is 0 Å². The second-order valence-corrected chi connectivity index (χ2v) is 7.10. The molecule has 0 amide bonds. The van der Waals surface area contributed by atoms with Crippen LogP contribution in [0.3, 0.4) is 0 Å². The van der Waals surface area contributed by atoms with Gasteiger partial charge in [-0.25, -0.2) is 0 Å². The van der Waals surface area contributed by atoms with Gasteiger partial charge in [-0.2, -0.15) is 0 Å². The highest BCUT2D eigenvalue weighted by Crippen LogP contribution is 2.60. The third-order valence-electron chi connectivity index (χ3n) is 5.95. The Balaban J connectivity index is 1.90. The van der Waals surface area contributed by atoms with E-state index in [1.165, 1.54) is 0 Å². The first-order valence-corrected chi connectivity index (χ1v) is 8.70. The van der Waals surface area contributed by atoms with Crippen LogP contribution in [0, 0.1) is 0 Å². The molecular formula is C21H18O5. The number of benzene rings is 2. The van der Waals surface area contributed by atoms with Gasteiger partial charge in [0.1, 0.15) is 17.6 Å². The second-order valence-electron chi connectivity index (χ2n) is 7.10. The molecule has 132 valence electrons. The summed E-state index contributed by atoms with van der Waals surface area (Å²) in [5.41, 5.74) is 5.31. The number of carbonyl (C=O) groups excluding carboxylic acids is 1. The van der Waals surface area contributed by atoms with Gasteiger partial charge in [-0.15, -0.1) is 0 Å². The van der Waals surface area contributed by atoms with Crippen molar-refractivity contribution in [3.05, 3.63) is 58.1 Å². The Kier molecular flexibility index (Phi) is 3.12. The highest BCUT2D eigenvalue weighted by Gasteiger charge is 2.48. The van der Waals surface area contributed by atoms with Crippen molar-refractivity contribution in [3.8, 4) is 11.5 Å². The van der Waals surface area contributed by atoms with Crippen LogP contribution in [0.5, 0.6) is 11.5 Å². The van der Waals surface area contributed by atoms with Crippen LogP contribution in [-0.2, 0) is 4.74 Å². The number of fused-ring (bicyclic) bond motifs is 4. The first-order chi connectivity index (χ1) is 12.5. The molecule has 0 fully saturated rings. The number of hydrogen-bond donors (Lipinski definition) is 3. The number of hydrogen-bond acceptors (Lipinski definition) is 5. The molecule has 3 aliphatic rings. The lowest BCUT2D eigenvalue weighted by molar-refractivity contribution is -0.0234. The van der Waals surface area contributed by atoms with Gasteiger partial charge in [-0.3, -0.25) is 4.79 Å². The van der Waals surface area contributed by atoms with E-state index in [0.29, 0.717) is 24.0 Å². The number of rotatable bonds is 1. The van der Waals surface area contributed by atoms with E-state index in [9.17, 15) is 20.1 Å². The van der Waals surface area contributed by atoms with E-state index < -0.39 is 12.2 Å². The van der Waals surface area contributed by atoms with E-state index in [-0.39, 0.29) is 23.2 Å². The molecule has 0 bridgehead atoms. The summed E-state index contributed by atoms with van der Waals surface area (Å²) < 4.78 is 5.65. The highest BCUT2D eigenvalue weighted by molar-refractivity contribution is 6.14. The zero-order valence-corrected chi connectivity index (χ0v) is 14.2. The molecule has 0 radical (unpaired) electrons. The number of allylic oxidation sites excluding steroid dienone is 1. The van der Waals surface area contributed by atoms with E-state index in [1.54, 1.807) is 25.3 Å². The smallest absolute Gasteiger partial charge is 0.167 e. The topological polar surface area (TPSA) is 87.0 Å². The molecular weight excluding hydrogens is 332 g/mol. The summed E-state index contributed by atoms with van der Waals surface area (Å²) in [6.45, 7) is 0. The van der Waals surface area contributed by atoms with Crippen molar-refractivity contribution in [1.82, 2.24) is 0 Å². The third-order valence-corrected chi connectivity index (χ3v) is 5.95. The maximum absolute atomic E-state index is 12.4. The predicted molar refractivity (Wildman–Crippen MR) is 95.1 cm³/mol.